The smallest absolute Gasteiger partial charge is 0.296 e. The molecule has 0 aliphatic rings. The molecule has 2 aromatic carbocycles. The molecule has 0 atom stereocenters. The lowest BCUT2D eigenvalue weighted by molar-refractivity contribution is -0.113. The molecule has 0 unspecified atom stereocenters. The van der Waals surface area contributed by atoms with Crippen LogP contribution in [0.4, 0.5) is 10.1 Å². The van der Waals surface area contributed by atoms with Gasteiger partial charge in [-0.25, -0.2) is 4.39 Å². The van der Waals surface area contributed by atoms with Crippen LogP contribution in [0.3, 0.4) is 0 Å². The molecular weight excluding hydrogens is 419 g/mol. The normalized spacial score (nSPS) is 10.9. The van der Waals surface area contributed by atoms with Gasteiger partial charge in [0.2, 0.25) is 17.6 Å². The lowest BCUT2D eigenvalue weighted by Crippen LogP contribution is -2.14. The molecule has 0 spiro atoms. The van der Waals surface area contributed by atoms with E-state index in [4.69, 9.17) is 4.52 Å². The van der Waals surface area contributed by atoms with E-state index in [-0.39, 0.29) is 23.4 Å². The second kappa shape index (κ2) is 9.09. The fourth-order valence-corrected chi connectivity index (χ4v) is 3.56. The molecule has 4 aromatic rings. The number of aromatic nitrogens is 5. The van der Waals surface area contributed by atoms with Crippen molar-refractivity contribution in [1.82, 2.24) is 24.9 Å². The van der Waals surface area contributed by atoms with Crippen molar-refractivity contribution in [3.63, 3.8) is 0 Å². The Kier molecular flexibility index (Phi) is 6.08. The van der Waals surface area contributed by atoms with Gasteiger partial charge in [0, 0.05) is 18.3 Å². The number of hydrogen-bond acceptors (Lipinski definition) is 7. The van der Waals surface area contributed by atoms with E-state index in [1.807, 2.05) is 24.3 Å². The quantitative estimate of drug-likeness (QED) is 0.436. The van der Waals surface area contributed by atoms with E-state index in [2.05, 4.69) is 32.6 Å². The monoisotopic (exact) mass is 438 g/mol. The van der Waals surface area contributed by atoms with Crippen molar-refractivity contribution in [3.8, 4) is 23.1 Å². The molecule has 0 aliphatic carbocycles. The summed E-state index contributed by atoms with van der Waals surface area (Å²) in [7, 11) is 1.75. The van der Waals surface area contributed by atoms with Crippen LogP contribution in [0.5, 0.6) is 0 Å². The van der Waals surface area contributed by atoms with E-state index in [0.29, 0.717) is 22.4 Å². The van der Waals surface area contributed by atoms with Gasteiger partial charge in [0.25, 0.3) is 5.89 Å². The highest BCUT2D eigenvalue weighted by atomic mass is 32.2. The van der Waals surface area contributed by atoms with E-state index in [1.165, 1.54) is 23.9 Å². The van der Waals surface area contributed by atoms with Crippen LogP contribution in [0.2, 0.25) is 0 Å². The second-order valence-corrected chi connectivity index (χ2v) is 7.63. The van der Waals surface area contributed by atoms with Crippen LogP contribution < -0.4 is 5.32 Å². The van der Waals surface area contributed by atoms with Crippen LogP contribution in [-0.2, 0) is 18.3 Å². The number of rotatable bonds is 7. The number of aryl methyl sites for hydroxylation is 1. The van der Waals surface area contributed by atoms with Crippen LogP contribution in [0, 0.1) is 5.82 Å². The van der Waals surface area contributed by atoms with Gasteiger partial charge >= 0.3 is 0 Å². The summed E-state index contributed by atoms with van der Waals surface area (Å²) in [5, 5.41) is 15.5. The van der Waals surface area contributed by atoms with Gasteiger partial charge in [0.1, 0.15) is 5.82 Å². The highest BCUT2D eigenvalue weighted by molar-refractivity contribution is 7.99. The summed E-state index contributed by atoms with van der Waals surface area (Å²) < 4.78 is 20.1. The Morgan fingerprint density at radius 1 is 1.19 bits per heavy atom. The van der Waals surface area contributed by atoms with Gasteiger partial charge in [0.05, 0.1) is 5.75 Å². The van der Waals surface area contributed by atoms with Crippen LogP contribution in [0.25, 0.3) is 23.1 Å². The maximum atomic E-state index is 13.1. The van der Waals surface area contributed by atoms with Gasteiger partial charge in [-0.15, -0.1) is 10.2 Å². The second-order valence-electron chi connectivity index (χ2n) is 6.69. The molecule has 0 saturated carbocycles. The minimum atomic E-state index is -0.343. The summed E-state index contributed by atoms with van der Waals surface area (Å²) >= 11 is 1.25. The first kappa shape index (κ1) is 20.7. The third-order valence-electron chi connectivity index (χ3n) is 4.51. The standard InChI is InChI=1S/C21H19FN6O2S/c1-3-13-5-4-6-16(11-13)23-17(29)12-31-21-26-25-19(28(21)2)20-24-18(27-30-20)14-7-9-15(22)10-8-14/h4-11H,3,12H2,1-2H3,(H,23,29). The molecule has 2 heterocycles. The molecule has 158 valence electrons. The predicted molar refractivity (Wildman–Crippen MR) is 115 cm³/mol. The lowest BCUT2D eigenvalue weighted by Gasteiger charge is -2.06. The molecule has 1 N–H and O–H groups in total. The molecule has 0 bridgehead atoms. The maximum absolute atomic E-state index is 13.1. The van der Waals surface area contributed by atoms with Crippen molar-refractivity contribution >= 4 is 23.4 Å². The van der Waals surface area contributed by atoms with Gasteiger partial charge in [0.15, 0.2) is 5.16 Å². The van der Waals surface area contributed by atoms with Crippen molar-refractivity contribution in [3.05, 3.63) is 59.9 Å². The van der Waals surface area contributed by atoms with Crippen molar-refractivity contribution in [2.24, 2.45) is 7.05 Å². The molecule has 31 heavy (non-hydrogen) atoms. The summed E-state index contributed by atoms with van der Waals surface area (Å²) in [4.78, 5) is 16.6. The SMILES string of the molecule is CCc1cccc(NC(=O)CSc2nnc(-c3nc(-c4ccc(F)cc4)no3)n2C)c1. The molecule has 2 aromatic heterocycles. The minimum absolute atomic E-state index is 0.140. The van der Waals surface area contributed by atoms with Crippen molar-refractivity contribution in [2.45, 2.75) is 18.5 Å². The largest absolute Gasteiger partial charge is 0.330 e. The van der Waals surface area contributed by atoms with E-state index in [0.717, 1.165) is 17.7 Å². The molecule has 0 saturated heterocycles. The first-order valence-electron chi connectivity index (χ1n) is 9.54. The van der Waals surface area contributed by atoms with E-state index < -0.39 is 0 Å². The Labute approximate surface area is 181 Å². The van der Waals surface area contributed by atoms with Crippen LogP contribution in [0.1, 0.15) is 12.5 Å². The van der Waals surface area contributed by atoms with Crippen LogP contribution in [0.15, 0.2) is 58.2 Å². The average Bonchev–Trinajstić information content (AvgIpc) is 3.40. The van der Waals surface area contributed by atoms with Gasteiger partial charge in [-0.3, -0.25) is 4.79 Å². The molecular formula is C21H19FN6O2S. The number of benzene rings is 2. The fraction of sp³-hybridized carbons (Fsp3) is 0.190. The van der Waals surface area contributed by atoms with Crippen LogP contribution in [-0.4, -0.2) is 36.6 Å². The van der Waals surface area contributed by atoms with Crippen molar-refractivity contribution in [1.29, 1.82) is 0 Å². The van der Waals surface area contributed by atoms with Gasteiger partial charge < -0.3 is 14.4 Å². The predicted octanol–water partition coefficient (Wildman–Crippen LogP) is 3.96. The summed E-state index contributed by atoms with van der Waals surface area (Å²) in [6.45, 7) is 2.06. The molecule has 10 heteroatoms. The summed E-state index contributed by atoms with van der Waals surface area (Å²) in [6, 6.07) is 13.5. The average molecular weight is 438 g/mol. The molecule has 0 fully saturated rings. The third-order valence-corrected chi connectivity index (χ3v) is 5.53. The Morgan fingerprint density at radius 2 is 2.00 bits per heavy atom. The van der Waals surface area contributed by atoms with Crippen molar-refractivity contribution < 1.29 is 13.7 Å². The summed E-state index contributed by atoms with van der Waals surface area (Å²) in [5.74, 6) is 0.568. The number of halogens is 1. The lowest BCUT2D eigenvalue weighted by atomic mass is 10.1. The zero-order valence-corrected chi connectivity index (χ0v) is 17.7. The van der Waals surface area contributed by atoms with E-state index in [1.54, 1.807) is 23.7 Å². The number of nitrogens with zero attached hydrogens (tertiary/aromatic N) is 5. The number of hydrogen-bond donors (Lipinski definition) is 1. The Morgan fingerprint density at radius 3 is 2.77 bits per heavy atom. The maximum Gasteiger partial charge on any atom is 0.296 e. The number of thioether (sulfide) groups is 1. The first-order valence-corrected chi connectivity index (χ1v) is 10.5. The first-order chi connectivity index (χ1) is 15.0. The molecule has 0 radical (unpaired) electrons. The zero-order chi connectivity index (χ0) is 21.8. The Bertz CT molecular complexity index is 1200. The Hall–Kier alpha value is -3.53. The van der Waals surface area contributed by atoms with Crippen molar-refractivity contribution in [2.75, 3.05) is 11.1 Å². The number of carbonyl (C=O) groups excluding carboxylic acids is 1. The molecule has 4 rings (SSSR count). The zero-order valence-electron chi connectivity index (χ0n) is 16.9. The number of nitrogens with one attached hydrogen (secondary N) is 1. The molecule has 1 amide bonds. The third kappa shape index (κ3) is 4.80. The summed E-state index contributed by atoms with van der Waals surface area (Å²) in [5.41, 5.74) is 2.54. The molecule has 0 aliphatic heterocycles. The topological polar surface area (TPSA) is 98.7 Å². The number of amides is 1. The number of carbonyl (C=O) groups is 1. The number of anilines is 1. The highest BCUT2D eigenvalue weighted by Gasteiger charge is 2.19. The summed E-state index contributed by atoms with van der Waals surface area (Å²) in [6.07, 6.45) is 0.902. The van der Waals surface area contributed by atoms with Crippen LogP contribution >= 0.6 is 11.8 Å². The van der Waals surface area contributed by atoms with Gasteiger partial charge in [-0.05, 0) is 48.4 Å². The molecule has 8 nitrogen and oxygen atoms in total. The van der Waals surface area contributed by atoms with E-state index >= 15 is 0 Å². The fourth-order valence-electron chi connectivity index (χ4n) is 2.85. The highest BCUT2D eigenvalue weighted by Crippen LogP contribution is 2.24. The van der Waals surface area contributed by atoms with E-state index in [9.17, 15) is 9.18 Å². The van der Waals surface area contributed by atoms with Gasteiger partial charge in [-0.2, -0.15) is 4.98 Å². The van der Waals surface area contributed by atoms with Gasteiger partial charge in [-0.1, -0.05) is 36.0 Å². The minimum Gasteiger partial charge on any atom is -0.330 e. The Balaban J connectivity index is 1.41.